The number of hydrogen-bond donors (Lipinski definition) is 2. The van der Waals surface area contributed by atoms with Crippen LogP contribution in [0.2, 0.25) is 0 Å². The Morgan fingerprint density at radius 2 is 1.77 bits per heavy atom. The second-order valence-electron chi connectivity index (χ2n) is 6.29. The van der Waals surface area contributed by atoms with Gasteiger partial charge in [0.2, 0.25) is 0 Å². The van der Waals surface area contributed by atoms with Crippen LogP contribution in [0.25, 0.3) is 0 Å². The fraction of sp³-hybridized carbons (Fsp3) is 0.368. The maximum Gasteiger partial charge on any atom is 0.387 e. The predicted molar refractivity (Wildman–Crippen MR) is 94.3 cm³/mol. The molecule has 1 aliphatic rings. The quantitative estimate of drug-likeness (QED) is 0.821. The molecule has 5 nitrogen and oxygen atoms in total. The van der Waals surface area contributed by atoms with Gasteiger partial charge in [-0.05, 0) is 42.5 Å². The molecule has 0 atom stereocenters. The number of alkyl halides is 2. The average Bonchev–Trinajstić information content (AvgIpc) is 2.64. The van der Waals surface area contributed by atoms with Gasteiger partial charge in [0.25, 0.3) is 0 Å². The zero-order valence-electron chi connectivity index (χ0n) is 14.6. The third-order valence-electron chi connectivity index (χ3n) is 4.58. The van der Waals surface area contributed by atoms with E-state index in [1.807, 2.05) is 12.1 Å². The van der Waals surface area contributed by atoms with Crippen LogP contribution < -0.4 is 19.3 Å². The molecule has 3 rings (SSSR count). The molecule has 1 heterocycles. The lowest BCUT2D eigenvalue weighted by atomic mass is 10.1. The summed E-state index contributed by atoms with van der Waals surface area (Å²) in [5.41, 5.74) is 2.13. The van der Waals surface area contributed by atoms with E-state index in [2.05, 4.69) is 9.64 Å². The number of quaternary nitrogens is 1. The number of nitrogens with zero attached hydrogens (tertiary/aromatic N) is 1. The minimum Gasteiger partial charge on any atom is -0.508 e. The first kappa shape index (κ1) is 18.3. The first-order chi connectivity index (χ1) is 12.5. The van der Waals surface area contributed by atoms with Crippen molar-refractivity contribution in [2.45, 2.75) is 13.2 Å². The first-order valence-corrected chi connectivity index (χ1v) is 8.54. The number of phenols is 1. The van der Waals surface area contributed by atoms with Gasteiger partial charge < -0.3 is 24.4 Å². The second-order valence-corrected chi connectivity index (χ2v) is 6.29. The molecule has 0 amide bonds. The van der Waals surface area contributed by atoms with Gasteiger partial charge in [0.1, 0.15) is 12.3 Å². The summed E-state index contributed by atoms with van der Waals surface area (Å²) in [5.74, 6) is 0.648. The molecule has 26 heavy (non-hydrogen) atoms. The van der Waals surface area contributed by atoms with Crippen molar-refractivity contribution in [1.82, 2.24) is 0 Å². The number of methoxy groups -OCH3 is 1. The van der Waals surface area contributed by atoms with E-state index in [0.29, 0.717) is 5.75 Å². The van der Waals surface area contributed by atoms with Crippen molar-refractivity contribution in [2.75, 3.05) is 38.2 Å². The number of phenolic OH excluding ortho intramolecular Hbond substituents is 1. The zero-order valence-corrected chi connectivity index (χ0v) is 14.6. The summed E-state index contributed by atoms with van der Waals surface area (Å²) in [5, 5.41) is 9.39. The third-order valence-corrected chi connectivity index (χ3v) is 4.58. The fourth-order valence-corrected chi connectivity index (χ4v) is 3.23. The molecule has 140 valence electrons. The number of nitrogens with one attached hydrogen (secondary N) is 1. The molecule has 0 saturated carbocycles. The molecule has 2 aromatic carbocycles. The van der Waals surface area contributed by atoms with Gasteiger partial charge >= 0.3 is 6.61 Å². The summed E-state index contributed by atoms with van der Waals surface area (Å²) in [7, 11) is 1.45. The highest BCUT2D eigenvalue weighted by molar-refractivity contribution is 5.49. The van der Waals surface area contributed by atoms with Crippen molar-refractivity contribution in [3.63, 3.8) is 0 Å². The fourth-order valence-electron chi connectivity index (χ4n) is 3.23. The molecule has 2 N–H and O–H groups in total. The summed E-state index contributed by atoms with van der Waals surface area (Å²) in [6.07, 6.45) is 0. The molecule has 0 spiro atoms. The number of hydrogen-bond acceptors (Lipinski definition) is 4. The molecule has 2 aromatic rings. The zero-order chi connectivity index (χ0) is 18.5. The summed E-state index contributed by atoms with van der Waals surface area (Å²) < 4.78 is 34.4. The Hall–Kier alpha value is -2.54. The van der Waals surface area contributed by atoms with Crippen LogP contribution in [-0.2, 0) is 6.54 Å². The minimum absolute atomic E-state index is 0.0541. The molecule has 0 bridgehead atoms. The number of aromatic hydroxyl groups is 1. The van der Waals surface area contributed by atoms with Crippen molar-refractivity contribution >= 4 is 5.69 Å². The summed E-state index contributed by atoms with van der Waals surface area (Å²) in [6.45, 7) is 1.72. The predicted octanol–water partition coefficient (Wildman–Crippen LogP) is 1.91. The average molecular weight is 365 g/mol. The number of halogens is 2. The van der Waals surface area contributed by atoms with Crippen molar-refractivity contribution < 1.29 is 28.3 Å². The number of benzene rings is 2. The largest absolute Gasteiger partial charge is 0.508 e. The molecule has 0 radical (unpaired) electrons. The number of rotatable bonds is 6. The Morgan fingerprint density at radius 3 is 2.38 bits per heavy atom. The van der Waals surface area contributed by atoms with E-state index >= 15 is 0 Å². The van der Waals surface area contributed by atoms with E-state index in [9.17, 15) is 13.9 Å². The van der Waals surface area contributed by atoms with Gasteiger partial charge in [-0.25, -0.2) is 0 Å². The Bertz CT molecular complexity index is 717. The van der Waals surface area contributed by atoms with Gasteiger partial charge in [-0.2, -0.15) is 8.78 Å². The van der Waals surface area contributed by atoms with E-state index in [4.69, 9.17) is 4.74 Å². The Balaban J connectivity index is 1.58. The first-order valence-electron chi connectivity index (χ1n) is 8.54. The smallest absolute Gasteiger partial charge is 0.387 e. The van der Waals surface area contributed by atoms with Crippen LogP contribution in [0, 0.1) is 0 Å². The normalized spacial score (nSPS) is 15.3. The van der Waals surface area contributed by atoms with Gasteiger partial charge in [-0.15, -0.1) is 0 Å². The summed E-state index contributed by atoms with van der Waals surface area (Å²) >= 11 is 0. The Morgan fingerprint density at radius 1 is 1.08 bits per heavy atom. The standard InChI is InChI=1S/C19H22F2N2O3/c1-25-18-12-14(2-7-17(18)26-19(20)21)13-22-8-10-23(11-9-22)15-3-5-16(24)6-4-15/h2-7,12,19,24H,8-11,13H2,1H3/p+1. The maximum absolute atomic E-state index is 12.4. The molecule has 1 saturated heterocycles. The van der Waals surface area contributed by atoms with Crippen LogP contribution in [0.15, 0.2) is 42.5 Å². The van der Waals surface area contributed by atoms with Crippen LogP contribution in [0.1, 0.15) is 5.56 Å². The van der Waals surface area contributed by atoms with E-state index < -0.39 is 6.61 Å². The molecule has 0 aliphatic carbocycles. The summed E-state index contributed by atoms with van der Waals surface area (Å²) in [4.78, 5) is 3.72. The van der Waals surface area contributed by atoms with Gasteiger partial charge in [0.05, 0.1) is 33.3 Å². The van der Waals surface area contributed by atoms with E-state index in [-0.39, 0.29) is 11.5 Å². The lowest BCUT2D eigenvalue weighted by Crippen LogP contribution is -3.13. The van der Waals surface area contributed by atoms with Gasteiger partial charge in [0, 0.05) is 11.3 Å². The lowest BCUT2D eigenvalue weighted by molar-refractivity contribution is -0.914. The van der Waals surface area contributed by atoms with Crippen molar-refractivity contribution in [1.29, 1.82) is 0 Å². The van der Waals surface area contributed by atoms with E-state index in [1.165, 1.54) is 18.1 Å². The van der Waals surface area contributed by atoms with Gasteiger partial charge in [0.15, 0.2) is 11.5 Å². The van der Waals surface area contributed by atoms with Crippen LogP contribution in [0.5, 0.6) is 17.2 Å². The monoisotopic (exact) mass is 365 g/mol. The Labute approximate surface area is 151 Å². The topological polar surface area (TPSA) is 46.4 Å². The highest BCUT2D eigenvalue weighted by Crippen LogP contribution is 2.29. The van der Waals surface area contributed by atoms with Crippen LogP contribution in [-0.4, -0.2) is 45.0 Å². The molecule has 1 aliphatic heterocycles. The third kappa shape index (κ3) is 4.54. The second kappa shape index (κ2) is 8.23. The molecule has 0 aromatic heterocycles. The minimum atomic E-state index is -2.87. The lowest BCUT2D eigenvalue weighted by Gasteiger charge is -2.33. The molecular formula is C19H23F2N2O3+. The van der Waals surface area contributed by atoms with E-state index in [1.54, 1.807) is 24.3 Å². The van der Waals surface area contributed by atoms with E-state index in [0.717, 1.165) is 44.0 Å². The molecular weight excluding hydrogens is 342 g/mol. The van der Waals surface area contributed by atoms with Gasteiger partial charge in [-0.3, -0.25) is 0 Å². The number of piperazine rings is 1. The maximum atomic E-state index is 12.4. The molecule has 0 unspecified atom stereocenters. The number of anilines is 1. The van der Waals surface area contributed by atoms with Crippen LogP contribution in [0.3, 0.4) is 0 Å². The van der Waals surface area contributed by atoms with Gasteiger partial charge in [-0.1, -0.05) is 0 Å². The van der Waals surface area contributed by atoms with Crippen LogP contribution >= 0.6 is 0 Å². The summed E-state index contributed by atoms with van der Waals surface area (Å²) in [6, 6.07) is 12.3. The SMILES string of the molecule is COc1cc(C[NH+]2CCN(c3ccc(O)cc3)CC2)ccc1OC(F)F. The highest BCUT2D eigenvalue weighted by atomic mass is 19.3. The van der Waals surface area contributed by atoms with Crippen molar-refractivity contribution in [3.05, 3.63) is 48.0 Å². The van der Waals surface area contributed by atoms with Crippen molar-refractivity contribution in [2.24, 2.45) is 0 Å². The van der Waals surface area contributed by atoms with Crippen LogP contribution in [0.4, 0.5) is 14.5 Å². The number of ether oxygens (including phenoxy) is 2. The van der Waals surface area contributed by atoms with Crippen molar-refractivity contribution in [3.8, 4) is 17.2 Å². The molecule has 1 fully saturated rings. The molecule has 7 heteroatoms. The highest BCUT2D eigenvalue weighted by Gasteiger charge is 2.21. The Kier molecular flexibility index (Phi) is 5.78.